The van der Waals surface area contributed by atoms with Crippen LogP contribution in [-0.4, -0.2) is 22.9 Å². The van der Waals surface area contributed by atoms with Crippen LogP contribution < -0.4 is 5.32 Å². The zero-order chi connectivity index (χ0) is 12.1. The summed E-state index contributed by atoms with van der Waals surface area (Å²) >= 11 is 5.61. The van der Waals surface area contributed by atoms with E-state index < -0.39 is 24.2 Å². The maximum absolute atomic E-state index is 11.4. The van der Waals surface area contributed by atoms with Gasteiger partial charge in [-0.15, -0.1) is 0 Å². The summed E-state index contributed by atoms with van der Waals surface area (Å²) in [6.45, 7) is 0. The number of carboxylic acid groups (broad SMARTS) is 1. The molecule has 0 heterocycles. The van der Waals surface area contributed by atoms with Crippen LogP contribution in [0.25, 0.3) is 0 Å². The summed E-state index contributed by atoms with van der Waals surface area (Å²) in [5, 5.41) is 10.7. The Morgan fingerprint density at radius 3 is 2.25 bits per heavy atom. The third kappa shape index (κ3) is 3.70. The molecule has 0 saturated carbocycles. The molecule has 0 atom stereocenters. The van der Waals surface area contributed by atoms with Crippen molar-refractivity contribution in [3.8, 4) is 0 Å². The van der Waals surface area contributed by atoms with Crippen molar-refractivity contribution in [3.63, 3.8) is 0 Å². The van der Waals surface area contributed by atoms with Crippen LogP contribution in [-0.2, 0) is 9.59 Å². The van der Waals surface area contributed by atoms with E-state index in [-0.39, 0.29) is 5.56 Å². The van der Waals surface area contributed by atoms with Gasteiger partial charge in [0.25, 0.3) is 5.91 Å². The summed E-state index contributed by atoms with van der Waals surface area (Å²) in [7, 11) is 0. The topological polar surface area (TPSA) is 83.5 Å². The van der Waals surface area contributed by atoms with Crippen molar-refractivity contribution in [2.75, 3.05) is 0 Å². The first kappa shape index (κ1) is 12.2. The lowest BCUT2D eigenvalue weighted by Gasteiger charge is -2.02. The molecule has 6 heteroatoms. The van der Waals surface area contributed by atoms with Gasteiger partial charge in [0.15, 0.2) is 0 Å². The van der Waals surface area contributed by atoms with Crippen molar-refractivity contribution in [2.24, 2.45) is 0 Å². The van der Waals surface area contributed by atoms with Crippen LogP contribution in [0.15, 0.2) is 24.3 Å². The van der Waals surface area contributed by atoms with Crippen molar-refractivity contribution in [2.45, 2.75) is 6.42 Å². The lowest BCUT2D eigenvalue weighted by atomic mass is 10.2. The molecule has 16 heavy (non-hydrogen) atoms. The second-order valence-corrected chi connectivity index (χ2v) is 3.39. The van der Waals surface area contributed by atoms with Gasteiger partial charge in [-0.25, -0.2) is 0 Å². The van der Waals surface area contributed by atoms with Gasteiger partial charge in [0.1, 0.15) is 6.42 Å². The first-order valence-corrected chi connectivity index (χ1v) is 4.68. The highest BCUT2D eigenvalue weighted by atomic mass is 35.5. The van der Waals surface area contributed by atoms with Gasteiger partial charge < -0.3 is 5.11 Å². The quantitative estimate of drug-likeness (QED) is 0.776. The average molecular weight is 242 g/mol. The maximum Gasteiger partial charge on any atom is 0.312 e. The number of aliphatic carboxylic acids is 1. The van der Waals surface area contributed by atoms with Gasteiger partial charge in [-0.3, -0.25) is 19.7 Å². The average Bonchev–Trinajstić information content (AvgIpc) is 2.16. The zero-order valence-electron chi connectivity index (χ0n) is 8.07. The normalized spacial score (nSPS) is 9.56. The van der Waals surface area contributed by atoms with Gasteiger partial charge in [-0.05, 0) is 24.3 Å². The summed E-state index contributed by atoms with van der Waals surface area (Å²) < 4.78 is 0. The number of carbonyl (C=O) groups excluding carboxylic acids is 2. The molecule has 2 amide bonds. The number of hydrogen-bond acceptors (Lipinski definition) is 3. The highest BCUT2D eigenvalue weighted by molar-refractivity contribution is 6.30. The van der Waals surface area contributed by atoms with Crippen molar-refractivity contribution >= 4 is 29.4 Å². The Kier molecular flexibility index (Phi) is 4.02. The lowest BCUT2D eigenvalue weighted by Crippen LogP contribution is -2.31. The number of imide groups is 1. The minimum absolute atomic E-state index is 0.239. The highest BCUT2D eigenvalue weighted by Crippen LogP contribution is 2.09. The molecule has 1 rings (SSSR count). The molecule has 5 nitrogen and oxygen atoms in total. The fraction of sp³-hybridized carbons (Fsp3) is 0.100. The van der Waals surface area contributed by atoms with Crippen LogP contribution in [0.2, 0.25) is 5.02 Å². The molecule has 0 aliphatic carbocycles. The Labute approximate surface area is 96.0 Å². The molecule has 0 unspecified atom stereocenters. The van der Waals surface area contributed by atoms with Crippen LogP contribution in [0.5, 0.6) is 0 Å². The van der Waals surface area contributed by atoms with E-state index >= 15 is 0 Å². The van der Waals surface area contributed by atoms with Crippen LogP contribution >= 0.6 is 11.6 Å². The maximum atomic E-state index is 11.4. The van der Waals surface area contributed by atoms with E-state index in [4.69, 9.17) is 16.7 Å². The first-order chi connectivity index (χ1) is 7.49. The highest BCUT2D eigenvalue weighted by Gasteiger charge is 2.12. The number of amides is 2. The predicted molar refractivity (Wildman–Crippen MR) is 56.2 cm³/mol. The molecule has 0 radical (unpaired) electrons. The molecule has 84 valence electrons. The van der Waals surface area contributed by atoms with E-state index in [0.717, 1.165) is 0 Å². The van der Waals surface area contributed by atoms with Gasteiger partial charge in [-0.2, -0.15) is 0 Å². The molecule has 2 N–H and O–H groups in total. The minimum Gasteiger partial charge on any atom is -0.481 e. The summed E-state index contributed by atoms with van der Waals surface area (Å²) in [4.78, 5) is 32.5. The Balaban J connectivity index is 2.62. The fourth-order valence-electron chi connectivity index (χ4n) is 0.982. The van der Waals surface area contributed by atoms with E-state index in [1.54, 1.807) is 0 Å². The molecule has 0 saturated heterocycles. The number of nitrogens with one attached hydrogen (secondary N) is 1. The third-order valence-electron chi connectivity index (χ3n) is 1.67. The van der Waals surface area contributed by atoms with Gasteiger partial charge in [0.2, 0.25) is 5.91 Å². The fourth-order valence-corrected chi connectivity index (χ4v) is 1.11. The Bertz CT molecular complexity index is 427. The number of carboxylic acids is 1. The second-order valence-electron chi connectivity index (χ2n) is 2.95. The Morgan fingerprint density at radius 1 is 1.19 bits per heavy atom. The molecule has 0 fully saturated rings. The second kappa shape index (κ2) is 5.27. The van der Waals surface area contributed by atoms with E-state index in [2.05, 4.69) is 0 Å². The van der Waals surface area contributed by atoms with E-state index in [0.29, 0.717) is 5.02 Å². The summed E-state index contributed by atoms with van der Waals surface area (Å²) in [5.74, 6) is -2.79. The summed E-state index contributed by atoms with van der Waals surface area (Å²) in [6, 6.07) is 5.87. The molecule has 1 aromatic rings. The van der Waals surface area contributed by atoms with Gasteiger partial charge in [-0.1, -0.05) is 11.6 Å². The van der Waals surface area contributed by atoms with Crippen LogP contribution in [0.1, 0.15) is 16.8 Å². The zero-order valence-corrected chi connectivity index (χ0v) is 8.82. The number of rotatable bonds is 3. The third-order valence-corrected chi connectivity index (χ3v) is 1.92. The molecule has 0 bridgehead atoms. The van der Waals surface area contributed by atoms with Crippen LogP contribution in [0.3, 0.4) is 0 Å². The van der Waals surface area contributed by atoms with E-state index in [1.165, 1.54) is 24.3 Å². The van der Waals surface area contributed by atoms with Gasteiger partial charge in [0.05, 0.1) is 0 Å². The molecule has 0 aliphatic rings. The molecular weight excluding hydrogens is 234 g/mol. The first-order valence-electron chi connectivity index (χ1n) is 4.30. The minimum atomic E-state index is -1.29. The standard InChI is InChI=1S/C10H8ClNO4/c11-7-3-1-6(2-4-7)10(16)12-8(13)5-9(14)15/h1-4H,5H2,(H,14,15)(H,12,13,16). The van der Waals surface area contributed by atoms with Crippen molar-refractivity contribution in [3.05, 3.63) is 34.9 Å². The SMILES string of the molecule is O=C(O)CC(=O)NC(=O)c1ccc(Cl)cc1. The molecule has 1 aromatic carbocycles. The number of halogens is 1. The predicted octanol–water partition coefficient (Wildman–Crippen LogP) is 1.07. The smallest absolute Gasteiger partial charge is 0.312 e. The van der Waals surface area contributed by atoms with Gasteiger partial charge in [0, 0.05) is 10.6 Å². The molecule has 0 aliphatic heterocycles. The van der Waals surface area contributed by atoms with E-state index in [1.807, 2.05) is 5.32 Å². The van der Waals surface area contributed by atoms with Crippen molar-refractivity contribution in [1.82, 2.24) is 5.32 Å². The number of hydrogen-bond donors (Lipinski definition) is 2. The van der Waals surface area contributed by atoms with Gasteiger partial charge >= 0.3 is 5.97 Å². The summed E-state index contributed by atoms with van der Waals surface area (Å²) in [5.41, 5.74) is 0.239. The molecule has 0 spiro atoms. The monoisotopic (exact) mass is 241 g/mol. The van der Waals surface area contributed by atoms with Crippen LogP contribution in [0.4, 0.5) is 0 Å². The number of benzene rings is 1. The van der Waals surface area contributed by atoms with Crippen molar-refractivity contribution < 1.29 is 19.5 Å². The van der Waals surface area contributed by atoms with Crippen molar-refractivity contribution in [1.29, 1.82) is 0 Å². The Morgan fingerprint density at radius 2 is 1.75 bits per heavy atom. The van der Waals surface area contributed by atoms with E-state index in [9.17, 15) is 14.4 Å². The molecular formula is C10H8ClNO4. The molecule has 0 aromatic heterocycles. The lowest BCUT2D eigenvalue weighted by molar-refractivity contribution is -0.140. The largest absolute Gasteiger partial charge is 0.481 e. The summed E-state index contributed by atoms with van der Waals surface area (Å²) in [6.07, 6.45) is -0.737. The Hall–Kier alpha value is -1.88. The number of carbonyl (C=O) groups is 3. The van der Waals surface area contributed by atoms with Crippen LogP contribution in [0, 0.1) is 0 Å².